The number of fused-ring (bicyclic) bond motifs is 4. The summed E-state index contributed by atoms with van der Waals surface area (Å²) in [5.74, 6) is 0.297. The number of allylic oxidation sites excluding steroid dienone is 2. The fourth-order valence-electron chi connectivity index (χ4n) is 7.95. The van der Waals surface area contributed by atoms with E-state index in [0.717, 1.165) is 51.4 Å². The molecule has 0 radical (unpaired) electrons. The summed E-state index contributed by atoms with van der Waals surface area (Å²) >= 11 is 0. The molecule has 0 aromatic carbocycles. The second-order valence-corrected chi connectivity index (χ2v) is 10.8. The van der Waals surface area contributed by atoms with E-state index in [0.29, 0.717) is 18.3 Å². The highest BCUT2D eigenvalue weighted by atomic mass is 16.5. The molecule has 4 aliphatic carbocycles. The molecule has 0 amide bonds. The number of rotatable bonds is 2. The first-order chi connectivity index (χ1) is 14.2. The van der Waals surface area contributed by atoms with Crippen molar-refractivity contribution in [1.82, 2.24) is 0 Å². The van der Waals surface area contributed by atoms with Crippen LogP contribution in [0.15, 0.2) is 23.3 Å². The largest absolute Gasteiger partial charge is 0.462 e. The number of ether oxygens (including phenoxy) is 2. The Hall–Kier alpha value is -1.62. The molecule has 0 bridgehead atoms. The van der Waals surface area contributed by atoms with E-state index in [2.05, 4.69) is 13.8 Å². The summed E-state index contributed by atoms with van der Waals surface area (Å²) in [4.78, 5) is 23.1. The second-order valence-electron chi connectivity index (χ2n) is 10.8. The van der Waals surface area contributed by atoms with Crippen LogP contribution in [0.25, 0.3) is 0 Å². The number of carbonyl (C=O) groups excluding carboxylic acids is 2. The predicted octanol–water partition coefficient (Wildman–Crippen LogP) is 4.24. The third-order valence-electron chi connectivity index (χ3n) is 9.57. The van der Waals surface area contributed by atoms with E-state index >= 15 is 0 Å². The van der Waals surface area contributed by atoms with Crippen LogP contribution in [-0.4, -0.2) is 34.9 Å². The lowest BCUT2D eigenvalue weighted by Gasteiger charge is -2.60. The van der Waals surface area contributed by atoms with Crippen LogP contribution in [-0.2, 0) is 19.1 Å². The van der Waals surface area contributed by atoms with E-state index in [1.807, 2.05) is 6.08 Å². The van der Waals surface area contributed by atoms with Gasteiger partial charge in [-0.2, -0.15) is 0 Å². The van der Waals surface area contributed by atoms with Gasteiger partial charge in [0.1, 0.15) is 12.2 Å². The first-order valence-corrected chi connectivity index (χ1v) is 11.7. The molecule has 3 fully saturated rings. The summed E-state index contributed by atoms with van der Waals surface area (Å²) < 4.78 is 11.1. The highest BCUT2D eigenvalue weighted by Gasteiger charge is 2.61. The third kappa shape index (κ3) is 2.77. The van der Waals surface area contributed by atoms with E-state index in [9.17, 15) is 14.7 Å². The molecule has 5 nitrogen and oxygen atoms in total. The first kappa shape index (κ1) is 20.3. The molecule has 30 heavy (non-hydrogen) atoms. The third-order valence-corrected chi connectivity index (χ3v) is 9.57. The average Bonchev–Trinajstić information content (AvgIpc) is 3.24. The summed E-state index contributed by atoms with van der Waals surface area (Å²) in [6.45, 7) is 6.11. The first-order valence-electron chi connectivity index (χ1n) is 11.7. The molecular weight excluding hydrogens is 380 g/mol. The fraction of sp³-hybridized carbons (Fsp3) is 0.760. The van der Waals surface area contributed by atoms with Crippen molar-refractivity contribution in [1.29, 1.82) is 0 Å². The van der Waals surface area contributed by atoms with Crippen molar-refractivity contribution in [3.05, 3.63) is 23.3 Å². The molecule has 0 saturated heterocycles. The molecule has 5 heteroatoms. The maximum Gasteiger partial charge on any atom is 0.331 e. The molecular formula is C25H34O5. The minimum absolute atomic E-state index is 0.0895. The molecule has 3 saturated carbocycles. The van der Waals surface area contributed by atoms with Crippen LogP contribution >= 0.6 is 0 Å². The summed E-state index contributed by atoms with van der Waals surface area (Å²) in [5, 5.41) is 11.8. The van der Waals surface area contributed by atoms with Crippen molar-refractivity contribution in [2.75, 3.05) is 0 Å². The van der Waals surface area contributed by atoms with Gasteiger partial charge in [0.25, 0.3) is 0 Å². The van der Waals surface area contributed by atoms with E-state index in [1.54, 1.807) is 17.2 Å². The molecule has 7 atom stereocenters. The number of cyclic esters (lactones) is 1. The van der Waals surface area contributed by atoms with E-state index < -0.39 is 5.60 Å². The number of hydrogen-bond acceptors (Lipinski definition) is 5. The maximum absolute atomic E-state index is 11.8. The number of esters is 2. The highest BCUT2D eigenvalue weighted by molar-refractivity contribution is 5.84. The standard InChI is InChI=1S/C25H34O5/c1-15(26)29-16-8-12-24(3)19-10-11-23(2)18(17(19)9-13-25(24,28)14-16)4-5-20(23)21-6-7-22(27)30-21/h6-7,16,19-21,28H,4-5,8-14H2,1-3H3/t16-,19-,20+,21+,23-,24+,25-/m0/s1. The van der Waals surface area contributed by atoms with Crippen LogP contribution in [0.2, 0.25) is 0 Å². The van der Waals surface area contributed by atoms with Gasteiger partial charge in [-0.25, -0.2) is 4.79 Å². The molecule has 0 unspecified atom stereocenters. The lowest BCUT2D eigenvalue weighted by Crippen LogP contribution is -2.60. The summed E-state index contributed by atoms with van der Waals surface area (Å²) in [6, 6.07) is 0. The Morgan fingerprint density at radius 2 is 1.97 bits per heavy atom. The minimum atomic E-state index is -0.768. The zero-order valence-electron chi connectivity index (χ0n) is 18.4. The van der Waals surface area contributed by atoms with Crippen LogP contribution in [0.4, 0.5) is 0 Å². The molecule has 1 heterocycles. The molecule has 0 spiro atoms. The topological polar surface area (TPSA) is 72.8 Å². The SMILES string of the molecule is CC(=O)O[C@H]1CC[C@]2(C)[C@H]3CC[C@@]4(C)C(=C3CC[C@]2(O)C1)CC[C@@H]4[C@H]1C=CC(=O)O1. The van der Waals surface area contributed by atoms with Crippen molar-refractivity contribution in [3.63, 3.8) is 0 Å². The number of aliphatic hydroxyl groups is 1. The number of hydrogen-bond donors (Lipinski definition) is 1. The zero-order chi connectivity index (χ0) is 21.3. The van der Waals surface area contributed by atoms with E-state index in [4.69, 9.17) is 9.47 Å². The van der Waals surface area contributed by atoms with Crippen molar-refractivity contribution in [2.45, 2.75) is 96.4 Å². The fourth-order valence-corrected chi connectivity index (χ4v) is 7.95. The minimum Gasteiger partial charge on any atom is -0.462 e. The Bertz CT molecular complexity index is 842. The Labute approximate surface area is 178 Å². The van der Waals surface area contributed by atoms with Crippen molar-refractivity contribution >= 4 is 11.9 Å². The van der Waals surface area contributed by atoms with Gasteiger partial charge >= 0.3 is 11.9 Å². The molecule has 0 aromatic rings. The summed E-state index contributed by atoms with van der Waals surface area (Å²) in [6.07, 6.45) is 11.6. The maximum atomic E-state index is 11.8. The quantitative estimate of drug-likeness (QED) is 0.541. The molecule has 1 N–H and O–H groups in total. The molecule has 164 valence electrons. The van der Waals surface area contributed by atoms with Gasteiger partial charge in [0.15, 0.2) is 0 Å². The van der Waals surface area contributed by atoms with Gasteiger partial charge in [0, 0.05) is 30.8 Å². The van der Waals surface area contributed by atoms with Gasteiger partial charge in [0.2, 0.25) is 0 Å². The normalized spacial score (nSPS) is 47.4. The lowest BCUT2D eigenvalue weighted by molar-refractivity contribution is -0.188. The lowest BCUT2D eigenvalue weighted by atomic mass is 9.47. The van der Waals surface area contributed by atoms with Crippen LogP contribution in [0.1, 0.15) is 78.6 Å². The molecule has 5 rings (SSSR count). The molecule has 1 aliphatic heterocycles. The van der Waals surface area contributed by atoms with Gasteiger partial charge in [0.05, 0.1) is 5.60 Å². The zero-order valence-corrected chi connectivity index (χ0v) is 18.4. The Kier molecular flexibility index (Phi) is 4.52. The highest BCUT2D eigenvalue weighted by Crippen LogP contribution is 2.66. The van der Waals surface area contributed by atoms with Crippen molar-refractivity contribution in [3.8, 4) is 0 Å². The van der Waals surface area contributed by atoms with Crippen LogP contribution in [0.3, 0.4) is 0 Å². The summed E-state index contributed by atoms with van der Waals surface area (Å²) in [5.41, 5.74) is 2.33. The number of carbonyl (C=O) groups is 2. The van der Waals surface area contributed by atoms with Gasteiger partial charge < -0.3 is 14.6 Å². The Morgan fingerprint density at radius 3 is 2.67 bits per heavy atom. The van der Waals surface area contributed by atoms with Crippen LogP contribution < -0.4 is 0 Å². The van der Waals surface area contributed by atoms with Gasteiger partial charge in [-0.05, 0) is 68.8 Å². The van der Waals surface area contributed by atoms with Crippen LogP contribution in [0, 0.1) is 22.7 Å². The van der Waals surface area contributed by atoms with Crippen molar-refractivity contribution in [2.24, 2.45) is 22.7 Å². The smallest absolute Gasteiger partial charge is 0.331 e. The van der Waals surface area contributed by atoms with Gasteiger partial charge in [-0.15, -0.1) is 0 Å². The van der Waals surface area contributed by atoms with Crippen molar-refractivity contribution < 1.29 is 24.2 Å². The van der Waals surface area contributed by atoms with E-state index in [1.165, 1.54) is 6.92 Å². The van der Waals surface area contributed by atoms with Gasteiger partial charge in [-0.1, -0.05) is 25.0 Å². The summed E-state index contributed by atoms with van der Waals surface area (Å²) in [7, 11) is 0. The van der Waals surface area contributed by atoms with Gasteiger partial charge in [-0.3, -0.25) is 4.79 Å². The second kappa shape index (κ2) is 6.69. The average molecular weight is 415 g/mol. The molecule has 0 aromatic heterocycles. The monoisotopic (exact) mass is 414 g/mol. The Balaban J connectivity index is 1.44. The predicted molar refractivity (Wildman–Crippen MR) is 111 cm³/mol. The molecule has 5 aliphatic rings. The van der Waals surface area contributed by atoms with Crippen LogP contribution in [0.5, 0.6) is 0 Å². The Morgan fingerprint density at radius 1 is 1.17 bits per heavy atom. The van der Waals surface area contributed by atoms with E-state index in [-0.39, 0.29) is 35.0 Å².